The summed E-state index contributed by atoms with van der Waals surface area (Å²) in [7, 11) is 0. The van der Waals surface area contributed by atoms with Gasteiger partial charge in [0.05, 0.1) is 6.61 Å². The minimum absolute atomic E-state index is 0.0413. The molecule has 0 spiro atoms. The molecule has 0 N–H and O–H groups in total. The van der Waals surface area contributed by atoms with Gasteiger partial charge >= 0.3 is 18.1 Å². The molecule has 0 fully saturated rings. The summed E-state index contributed by atoms with van der Waals surface area (Å²) < 4.78 is 63.0. The molecular weight excluding hydrogens is 223 g/mol. The molecule has 0 aliphatic rings. The highest BCUT2D eigenvalue weighted by Crippen LogP contribution is 2.36. The van der Waals surface area contributed by atoms with Crippen molar-refractivity contribution < 1.29 is 31.5 Å². The molecule has 7 heteroatoms. The maximum atomic E-state index is 12.2. The Labute approximate surface area is 82.7 Å². The van der Waals surface area contributed by atoms with E-state index >= 15 is 0 Å². The summed E-state index contributed by atoms with van der Waals surface area (Å²) in [5.41, 5.74) is 0.512. The van der Waals surface area contributed by atoms with Crippen molar-refractivity contribution in [1.82, 2.24) is 0 Å². The number of esters is 1. The van der Waals surface area contributed by atoms with Crippen molar-refractivity contribution in [2.24, 2.45) is 0 Å². The van der Waals surface area contributed by atoms with Gasteiger partial charge in [-0.2, -0.15) is 22.0 Å². The fraction of sp³-hybridized carbons (Fsp3) is 0.625. The van der Waals surface area contributed by atoms with Crippen LogP contribution in [0.15, 0.2) is 12.2 Å². The second-order valence-electron chi connectivity index (χ2n) is 2.92. The lowest BCUT2D eigenvalue weighted by Crippen LogP contribution is -2.45. The number of carbonyl (C=O) groups excluding carboxylic acids is 1. The summed E-state index contributed by atoms with van der Waals surface area (Å²) >= 11 is 0. The van der Waals surface area contributed by atoms with Crippen LogP contribution in [0, 0.1) is 0 Å². The van der Waals surface area contributed by atoms with Crippen LogP contribution in [0.25, 0.3) is 0 Å². The molecule has 0 radical (unpaired) electrons. The van der Waals surface area contributed by atoms with Crippen molar-refractivity contribution in [2.75, 3.05) is 6.61 Å². The number of alkyl halides is 5. The number of hydrogen-bond donors (Lipinski definition) is 0. The van der Waals surface area contributed by atoms with Crippen LogP contribution >= 0.6 is 0 Å². The average molecular weight is 232 g/mol. The number of halogens is 5. The van der Waals surface area contributed by atoms with Gasteiger partial charge in [-0.3, -0.25) is 0 Å². The third-order valence-electron chi connectivity index (χ3n) is 1.37. The lowest BCUT2D eigenvalue weighted by molar-refractivity contribution is -0.280. The lowest BCUT2D eigenvalue weighted by atomic mass is 10.2. The molecule has 0 aliphatic carbocycles. The average Bonchev–Trinajstić information content (AvgIpc) is 2.01. The van der Waals surface area contributed by atoms with Gasteiger partial charge in [-0.1, -0.05) is 5.57 Å². The third-order valence-corrected chi connectivity index (χ3v) is 1.37. The first-order chi connectivity index (χ1) is 6.59. The summed E-state index contributed by atoms with van der Waals surface area (Å²) in [6.45, 7) is 4.34. The zero-order valence-corrected chi connectivity index (χ0v) is 7.83. The summed E-state index contributed by atoms with van der Waals surface area (Å²) in [4.78, 5) is 10.4. The van der Waals surface area contributed by atoms with Gasteiger partial charge in [0.25, 0.3) is 0 Å². The van der Waals surface area contributed by atoms with E-state index in [9.17, 15) is 26.7 Å². The van der Waals surface area contributed by atoms with Crippen LogP contribution in [0.2, 0.25) is 0 Å². The first-order valence-electron chi connectivity index (χ1n) is 3.85. The molecule has 0 aromatic rings. The Hall–Kier alpha value is -1.14. The van der Waals surface area contributed by atoms with E-state index in [-0.39, 0.29) is 6.42 Å². The summed E-state index contributed by atoms with van der Waals surface area (Å²) in [6, 6.07) is 0. The fourth-order valence-electron chi connectivity index (χ4n) is 0.524. The van der Waals surface area contributed by atoms with Crippen molar-refractivity contribution >= 4 is 5.97 Å². The molecule has 0 atom stereocenters. The van der Waals surface area contributed by atoms with Crippen LogP contribution in [-0.4, -0.2) is 24.7 Å². The monoisotopic (exact) mass is 232 g/mol. The largest absolute Gasteiger partial charge is 0.465 e. The zero-order chi connectivity index (χ0) is 12.3. The van der Waals surface area contributed by atoms with Gasteiger partial charge in [0, 0.05) is 6.42 Å². The Morgan fingerprint density at radius 3 is 2.07 bits per heavy atom. The Morgan fingerprint density at radius 1 is 1.27 bits per heavy atom. The predicted octanol–water partition coefficient (Wildman–Crippen LogP) is 2.69. The molecule has 0 aromatic heterocycles. The quantitative estimate of drug-likeness (QED) is 0.423. The Balaban J connectivity index is 4.27. The van der Waals surface area contributed by atoms with E-state index in [0.29, 0.717) is 5.57 Å². The molecular formula is C8H9F5O2. The first-order valence-corrected chi connectivity index (χ1v) is 3.85. The van der Waals surface area contributed by atoms with Gasteiger partial charge in [0.2, 0.25) is 0 Å². The molecule has 0 aromatic carbocycles. The number of rotatable bonds is 4. The SMILES string of the molecule is C=C(C)CCOC(=O)C(F)(F)C(F)(F)F. The van der Waals surface area contributed by atoms with Crippen LogP contribution < -0.4 is 0 Å². The van der Waals surface area contributed by atoms with Crippen LogP contribution in [0.3, 0.4) is 0 Å². The highest BCUT2D eigenvalue weighted by Gasteiger charge is 2.64. The molecule has 88 valence electrons. The van der Waals surface area contributed by atoms with Gasteiger partial charge in [-0.05, 0) is 6.92 Å². The highest BCUT2D eigenvalue weighted by atomic mass is 19.4. The minimum Gasteiger partial charge on any atom is -0.461 e. The summed E-state index contributed by atoms with van der Waals surface area (Å²) in [5.74, 6) is -8.04. The van der Waals surface area contributed by atoms with E-state index in [4.69, 9.17) is 0 Å². The smallest absolute Gasteiger partial charge is 0.461 e. The second-order valence-corrected chi connectivity index (χ2v) is 2.92. The standard InChI is InChI=1S/C8H9F5O2/c1-5(2)3-4-15-6(14)7(9,10)8(11,12)13/h1,3-4H2,2H3. The van der Waals surface area contributed by atoms with E-state index < -0.39 is 24.7 Å². The molecule has 15 heavy (non-hydrogen) atoms. The third kappa shape index (κ3) is 3.85. The topological polar surface area (TPSA) is 26.3 Å². The van der Waals surface area contributed by atoms with Crippen LogP contribution in [0.5, 0.6) is 0 Å². The number of ether oxygens (including phenoxy) is 1. The molecule has 0 rings (SSSR count). The molecule has 0 saturated heterocycles. The van der Waals surface area contributed by atoms with Crippen molar-refractivity contribution in [1.29, 1.82) is 0 Å². The predicted molar refractivity (Wildman–Crippen MR) is 41.4 cm³/mol. The fourth-order valence-corrected chi connectivity index (χ4v) is 0.524. The number of carbonyl (C=O) groups is 1. The number of hydrogen-bond acceptors (Lipinski definition) is 2. The summed E-state index contributed by atoms with van der Waals surface area (Å²) in [5, 5.41) is 0. The highest BCUT2D eigenvalue weighted by molar-refractivity contribution is 5.78. The van der Waals surface area contributed by atoms with E-state index in [0.717, 1.165) is 0 Å². The second kappa shape index (κ2) is 4.59. The van der Waals surface area contributed by atoms with Gasteiger partial charge in [0.15, 0.2) is 0 Å². The normalized spacial score (nSPS) is 12.4. The molecule has 0 heterocycles. The lowest BCUT2D eigenvalue weighted by Gasteiger charge is -2.17. The molecule has 0 saturated carbocycles. The molecule has 0 unspecified atom stereocenters. The van der Waals surface area contributed by atoms with Crippen LogP contribution in [0.1, 0.15) is 13.3 Å². The van der Waals surface area contributed by atoms with E-state index in [2.05, 4.69) is 11.3 Å². The van der Waals surface area contributed by atoms with Crippen LogP contribution in [0.4, 0.5) is 22.0 Å². The van der Waals surface area contributed by atoms with Crippen molar-refractivity contribution in [3.05, 3.63) is 12.2 Å². The first kappa shape index (κ1) is 13.9. The van der Waals surface area contributed by atoms with Crippen molar-refractivity contribution in [3.63, 3.8) is 0 Å². The van der Waals surface area contributed by atoms with E-state index in [1.807, 2.05) is 0 Å². The van der Waals surface area contributed by atoms with E-state index in [1.54, 1.807) is 0 Å². The minimum atomic E-state index is -5.92. The van der Waals surface area contributed by atoms with Gasteiger partial charge in [-0.25, -0.2) is 4.79 Å². The van der Waals surface area contributed by atoms with Crippen molar-refractivity contribution in [3.8, 4) is 0 Å². The maximum absolute atomic E-state index is 12.2. The maximum Gasteiger partial charge on any atom is 0.465 e. The Kier molecular flexibility index (Phi) is 4.24. The van der Waals surface area contributed by atoms with E-state index in [1.165, 1.54) is 6.92 Å². The van der Waals surface area contributed by atoms with Crippen molar-refractivity contribution in [2.45, 2.75) is 25.4 Å². The Bertz CT molecular complexity index is 256. The molecule has 0 bridgehead atoms. The van der Waals surface area contributed by atoms with Gasteiger partial charge in [-0.15, -0.1) is 6.58 Å². The van der Waals surface area contributed by atoms with Gasteiger partial charge < -0.3 is 4.74 Å². The zero-order valence-electron chi connectivity index (χ0n) is 7.83. The molecule has 2 nitrogen and oxygen atoms in total. The van der Waals surface area contributed by atoms with Gasteiger partial charge in [0.1, 0.15) is 0 Å². The molecule has 0 aliphatic heterocycles. The van der Waals surface area contributed by atoms with Crippen LogP contribution in [-0.2, 0) is 9.53 Å². The Morgan fingerprint density at radius 2 is 1.73 bits per heavy atom. The summed E-state index contributed by atoms with van der Waals surface area (Å²) in [6.07, 6.45) is -5.88. The molecule has 0 amide bonds.